The Morgan fingerprint density at radius 3 is 1.59 bits per heavy atom. The van der Waals surface area contributed by atoms with Gasteiger partial charge in [-0.3, -0.25) is 4.57 Å². The van der Waals surface area contributed by atoms with Crippen LogP contribution in [-0.4, -0.2) is 23.2 Å². The predicted octanol–water partition coefficient (Wildman–Crippen LogP) is 4.56. The molecule has 0 aromatic carbocycles. The van der Waals surface area contributed by atoms with Gasteiger partial charge in [0.15, 0.2) is 5.85 Å². The maximum atomic E-state index is 13.4. The maximum absolute atomic E-state index is 13.4. The Labute approximate surface area is 134 Å². The van der Waals surface area contributed by atoms with E-state index in [-0.39, 0.29) is 17.6 Å². The first-order valence-electron chi connectivity index (χ1n) is 8.87. The van der Waals surface area contributed by atoms with Gasteiger partial charge in [0.25, 0.3) is 0 Å². The number of aliphatic hydroxyl groups excluding tert-OH is 1. The Kier molecular flexibility index (Phi) is 4.53. The third kappa shape index (κ3) is 3.05. The molecule has 4 aliphatic rings. The van der Waals surface area contributed by atoms with Crippen molar-refractivity contribution in [3.8, 4) is 0 Å². The average Bonchev–Trinajstić information content (AvgIpc) is 2.33. The van der Waals surface area contributed by atoms with Crippen molar-refractivity contribution >= 4 is 7.60 Å². The summed E-state index contributed by atoms with van der Waals surface area (Å²) in [6, 6.07) is 0. The van der Waals surface area contributed by atoms with Crippen LogP contribution in [0, 0.1) is 23.2 Å². The van der Waals surface area contributed by atoms with Gasteiger partial charge in [0.1, 0.15) is 0 Å². The summed E-state index contributed by atoms with van der Waals surface area (Å²) in [7, 11) is -3.52. The van der Waals surface area contributed by atoms with Crippen LogP contribution in [-0.2, 0) is 13.6 Å². The Balaban J connectivity index is 1.86. The van der Waals surface area contributed by atoms with Crippen LogP contribution in [0.25, 0.3) is 0 Å². The maximum Gasteiger partial charge on any atom is 0.359 e. The number of aliphatic hydroxyl groups is 1. The fraction of sp³-hybridized carbons (Fsp3) is 1.00. The summed E-state index contributed by atoms with van der Waals surface area (Å²) in [5, 5.41) is 11.1. The minimum Gasteiger partial charge on any atom is -0.380 e. The van der Waals surface area contributed by atoms with E-state index in [1.54, 1.807) is 0 Å². The van der Waals surface area contributed by atoms with Crippen molar-refractivity contribution in [2.75, 3.05) is 0 Å². The monoisotopic (exact) mass is 330 g/mol. The van der Waals surface area contributed by atoms with Crippen LogP contribution in [0.5, 0.6) is 0 Å². The topological polar surface area (TPSA) is 55.8 Å². The SMILES string of the molecule is CC(C)OP(=O)(OC(C)C)[C@H](O)C12CC3CC(CC(C3)C1)C2. The molecule has 4 fully saturated rings. The fourth-order valence-electron chi connectivity index (χ4n) is 5.56. The van der Waals surface area contributed by atoms with Crippen molar-refractivity contribution in [3.05, 3.63) is 0 Å². The molecule has 0 unspecified atom stereocenters. The molecule has 0 aromatic rings. The van der Waals surface area contributed by atoms with E-state index in [1.165, 1.54) is 19.3 Å². The molecular weight excluding hydrogens is 299 g/mol. The Bertz CT molecular complexity index is 410. The van der Waals surface area contributed by atoms with E-state index in [0.29, 0.717) is 17.8 Å². The molecule has 0 aliphatic heterocycles. The van der Waals surface area contributed by atoms with Crippen molar-refractivity contribution < 1.29 is 18.7 Å². The van der Waals surface area contributed by atoms with Gasteiger partial charge >= 0.3 is 7.60 Å². The van der Waals surface area contributed by atoms with Gasteiger partial charge in [-0.2, -0.15) is 0 Å². The van der Waals surface area contributed by atoms with Gasteiger partial charge in [0, 0.05) is 5.41 Å². The molecule has 0 aromatic heterocycles. The van der Waals surface area contributed by atoms with Gasteiger partial charge in [-0.25, -0.2) is 0 Å². The van der Waals surface area contributed by atoms with Crippen molar-refractivity contribution in [1.29, 1.82) is 0 Å². The second-order valence-electron chi connectivity index (χ2n) is 8.50. The summed E-state index contributed by atoms with van der Waals surface area (Å²) in [5.74, 6) is 1.13. The molecule has 0 spiro atoms. The van der Waals surface area contributed by atoms with E-state index >= 15 is 0 Å². The van der Waals surface area contributed by atoms with Gasteiger partial charge in [-0.05, 0) is 84.0 Å². The molecule has 4 rings (SSSR count). The van der Waals surface area contributed by atoms with Gasteiger partial charge in [-0.15, -0.1) is 0 Å². The van der Waals surface area contributed by atoms with Crippen LogP contribution in [0.2, 0.25) is 0 Å². The lowest BCUT2D eigenvalue weighted by Crippen LogP contribution is -2.52. The minimum atomic E-state index is -3.52. The molecule has 5 heteroatoms. The van der Waals surface area contributed by atoms with Crippen molar-refractivity contribution in [3.63, 3.8) is 0 Å². The highest BCUT2D eigenvalue weighted by Gasteiger charge is 2.59. The van der Waals surface area contributed by atoms with E-state index in [1.807, 2.05) is 27.7 Å². The van der Waals surface area contributed by atoms with Crippen LogP contribution in [0.15, 0.2) is 0 Å². The van der Waals surface area contributed by atoms with E-state index in [9.17, 15) is 9.67 Å². The van der Waals surface area contributed by atoms with Gasteiger partial charge in [0.2, 0.25) is 0 Å². The molecule has 4 aliphatic carbocycles. The highest BCUT2D eigenvalue weighted by atomic mass is 31.2. The standard InChI is InChI=1S/C17H31O4P/c1-11(2)20-22(19,21-12(3)4)16(18)17-8-13-5-14(9-17)7-15(6-13)10-17/h11-16,18H,5-10H2,1-4H3/t13?,14?,15?,16-,17?/m0/s1. The highest BCUT2D eigenvalue weighted by molar-refractivity contribution is 7.54. The summed E-state index contributed by atoms with van der Waals surface area (Å²) >= 11 is 0. The van der Waals surface area contributed by atoms with Gasteiger partial charge < -0.3 is 14.2 Å². The normalized spacial score (nSPS) is 39.0. The molecule has 0 amide bonds. The molecule has 4 saturated carbocycles. The fourth-order valence-corrected chi connectivity index (χ4v) is 8.00. The quantitative estimate of drug-likeness (QED) is 0.725. The Hall–Kier alpha value is 0.110. The largest absolute Gasteiger partial charge is 0.380 e. The molecule has 0 heterocycles. The van der Waals surface area contributed by atoms with E-state index in [0.717, 1.165) is 19.3 Å². The zero-order chi connectivity index (χ0) is 16.1. The molecule has 4 bridgehead atoms. The molecule has 4 nitrogen and oxygen atoms in total. The first-order valence-corrected chi connectivity index (χ1v) is 10.5. The second kappa shape index (κ2) is 5.88. The zero-order valence-corrected chi connectivity index (χ0v) is 15.2. The van der Waals surface area contributed by atoms with E-state index in [4.69, 9.17) is 9.05 Å². The number of hydrogen-bond acceptors (Lipinski definition) is 4. The third-order valence-electron chi connectivity index (χ3n) is 5.65. The molecule has 22 heavy (non-hydrogen) atoms. The Morgan fingerprint density at radius 1 is 0.909 bits per heavy atom. The van der Waals surface area contributed by atoms with Crippen LogP contribution in [0.4, 0.5) is 0 Å². The first-order chi connectivity index (χ1) is 10.2. The molecule has 0 saturated heterocycles. The number of rotatable bonds is 6. The highest BCUT2D eigenvalue weighted by Crippen LogP contribution is 2.69. The van der Waals surface area contributed by atoms with Crippen molar-refractivity contribution in [1.82, 2.24) is 0 Å². The summed E-state index contributed by atoms with van der Waals surface area (Å²) in [6.07, 6.45) is 6.44. The van der Waals surface area contributed by atoms with E-state index < -0.39 is 13.4 Å². The zero-order valence-electron chi connectivity index (χ0n) is 14.3. The van der Waals surface area contributed by atoms with Crippen LogP contribution in [0.1, 0.15) is 66.2 Å². The lowest BCUT2D eigenvalue weighted by atomic mass is 9.50. The number of hydrogen-bond donors (Lipinski definition) is 1. The summed E-state index contributed by atoms with van der Waals surface area (Å²) in [4.78, 5) is 0. The summed E-state index contributed by atoms with van der Waals surface area (Å²) in [6.45, 7) is 7.40. The average molecular weight is 330 g/mol. The third-order valence-corrected chi connectivity index (χ3v) is 8.23. The lowest BCUT2D eigenvalue weighted by molar-refractivity contribution is -0.103. The summed E-state index contributed by atoms with van der Waals surface area (Å²) in [5.41, 5.74) is -0.242. The minimum absolute atomic E-state index is 0.215. The summed E-state index contributed by atoms with van der Waals surface area (Å²) < 4.78 is 24.7. The Morgan fingerprint density at radius 2 is 1.27 bits per heavy atom. The molecule has 128 valence electrons. The van der Waals surface area contributed by atoms with Gasteiger partial charge in [-0.1, -0.05) is 0 Å². The van der Waals surface area contributed by atoms with Crippen LogP contribution in [0.3, 0.4) is 0 Å². The first kappa shape index (κ1) is 17.0. The molecule has 0 radical (unpaired) electrons. The smallest absolute Gasteiger partial charge is 0.359 e. The molecule has 1 atom stereocenters. The van der Waals surface area contributed by atoms with E-state index in [2.05, 4.69) is 0 Å². The van der Waals surface area contributed by atoms with Crippen LogP contribution < -0.4 is 0 Å². The van der Waals surface area contributed by atoms with Crippen molar-refractivity contribution in [2.45, 2.75) is 84.3 Å². The van der Waals surface area contributed by atoms with Crippen molar-refractivity contribution in [2.24, 2.45) is 23.2 Å². The molecular formula is C17H31O4P. The van der Waals surface area contributed by atoms with Crippen LogP contribution >= 0.6 is 7.60 Å². The van der Waals surface area contributed by atoms with Gasteiger partial charge in [0.05, 0.1) is 12.2 Å². The lowest BCUT2D eigenvalue weighted by Gasteiger charge is -2.58. The molecule has 1 N–H and O–H groups in total. The predicted molar refractivity (Wildman–Crippen MR) is 86.7 cm³/mol. The second-order valence-corrected chi connectivity index (χ2v) is 10.5.